The number of aliphatic hydroxyl groups excluding tert-OH is 3. The van der Waals surface area contributed by atoms with Gasteiger partial charge in [-0.15, -0.1) is 0 Å². The van der Waals surface area contributed by atoms with E-state index in [4.69, 9.17) is 0 Å². The molecule has 0 saturated carbocycles. The number of hydrogen-bond donors (Lipinski definition) is 4. The first-order valence-corrected chi connectivity index (χ1v) is 13.2. The van der Waals surface area contributed by atoms with Crippen LogP contribution in [0.5, 0.6) is 0 Å². The van der Waals surface area contributed by atoms with Gasteiger partial charge in [0, 0.05) is 6.42 Å². The van der Waals surface area contributed by atoms with Gasteiger partial charge in [0.2, 0.25) is 5.91 Å². The third-order valence-electron chi connectivity index (χ3n) is 5.79. The summed E-state index contributed by atoms with van der Waals surface area (Å²) in [5.74, 6) is -0.178. The average molecular weight is 466 g/mol. The van der Waals surface area contributed by atoms with Crippen LogP contribution in [0, 0.1) is 0 Å². The standard InChI is InChI=1S/C28H51NO4/c1-3-5-7-9-11-13-14-15-17-19-21-23-27(32)29-25(24-30)28(33)26(31)22-20-18-16-12-10-8-6-4-2/h4,6,9,11-12,16,25-26,28,30-31,33H,3,5,7-8,10,13-15,17-24H2,1-2H3,(H,29,32)/b6-4+,11-9-,16-12+. The molecule has 3 atom stereocenters. The van der Waals surface area contributed by atoms with Crippen LogP contribution in [0.15, 0.2) is 36.5 Å². The third kappa shape index (κ3) is 19.7. The Morgan fingerprint density at radius 3 is 2.03 bits per heavy atom. The van der Waals surface area contributed by atoms with E-state index in [1.54, 1.807) is 0 Å². The van der Waals surface area contributed by atoms with E-state index in [-0.39, 0.29) is 12.5 Å². The molecule has 0 aliphatic carbocycles. The maximum Gasteiger partial charge on any atom is 0.220 e. The van der Waals surface area contributed by atoms with Crippen LogP contribution in [0.1, 0.15) is 110 Å². The predicted octanol–water partition coefficient (Wildman–Crippen LogP) is 5.75. The molecule has 0 aliphatic heterocycles. The number of amides is 1. The summed E-state index contributed by atoms with van der Waals surface area (Å²) in [4.78, 5) is 12.2. The zero-order chi connectivity index (χ0) is 24.6. The summed E-state index contributed by atoms with van der Waals surface area (Å²) in [5.41, 5.74) is 0. The lowest BCUT2D eigenvalue weighted by molar-refractivity contribution is -0.124. The summed E-state index contributed by atoms with van der Waals surface area (Å²) in [5, 5.41) is 32.8. The zero-order valence-corrected chi connectivity index (χ0v) is 21.3. The second-order valence-corrected chi connectivity index (χ2v) is 8.88. The van der Waals surface area contributed by atoms with Crippen LogP contribution in [-0.2, 0) is 4.79 Å². The van der Waals surface area contributed by atoms with Crippen LogP contribution in [0.3, 0.4) is 0 Å². The number of carbonyl (C=O) groups excluding carboxylic acids is 1. The summed E-state index contributed by atoms with van der Waals surface area (Å²) in [6, 6.07) is -0.830. The second-order valence-electron chi connectivity index (χ2n) is 8.88. The van der Waals surface area contributed by atoms with Crippen LogP contribution in [0.25, 0.3) is 0 Å². The van der Waals surface area contributed by atoms with Crippen LogP contribution in [-0.4, -0.2) is 46.1 Å². The molecule has 0 fully saturated rings. The van der Waals surface area contributed by atoms with Gasteiger partial charge < -0.3 is 20.6 Å². The summed E-state index contributed by atoms with van der Waals surface area (Å²) in [6.45, 7) is 3.83. The van der Waals surface area contributed by atoms with Crippen molar-refractivity contribution < 1.29 is 20.1 Å². The number of nitrogens with one attached hydrogen (secondary N) is 1. The number of hydrogen-bond acceptors (Lipinski definition) is 4. The van der Waals surface area contributed by atoms with Crippen molar-refractivity contribution in [1.82, 2.24) is 5.32 Å². The van der Waals surface area contributed by atoms with E-state index in [9.17, 15) is 20.1 Å². The fourth-order valence-electron chi connectivity index (χ4n) is 3.63. The van der Waals surface area contributed by atoms with Gasteiger partial charge in [-0.1, -0.05) is 75.5 Å². The maximum absolute atomic E-state index is 12.2. The molecule has 0 rings (SSSR count). The molecular formula is C28H51NO4. The van der Waals surface area contributed by atoms with Crippen molar-refractivity contribution >= 4 is 5.91 Å². The molecule has 5 heteroatoms. The van der Waals surface area contributed by atoms with Crippen LogP contribution in [0.2, 0.25) is 0 Å². The van der Waals surface area contributed by atoms with Crippen molar-refractivity contribution in [1.29, 1.82) is 0 Å². The molecule has 1 amide bonds. The van der Waals surface area contributed by atoms with Gasteiger partial charge in [-0.05, 0) is 64.7 Å². The minimum atomic E-state index is -1.16. The number of rotatable bonds is 22. The van der Waals surface area contributed by atoms with Gasteiger partial charge in [-0.25, -0.2) is 0 Å². The normalized spacial score (nSPS) is 14.9. The van der Waals surface area contributed by atoms with E-state index in [1.165, 1.54) is 32.1 Å². The predicted molar refractivity (Wildman–Crippen MR) is 139 cm³/mol. The highest BCUT2D eigenvalue weighted by Crippen LogP contribution is 2.11. The Balaban J connectivity index is 3.90. The SMILES string of the molecule is C/C=C/CC/C=C/CCCC(O)C(O)C(CO)NC(=O)CCCCCCC/C=C\CCCC. The molecule has 0 spiro atoms. The topological polar surface area (TPSA) is 89.8 Å². The second kappa shape index (κ2) is 23.7. The third-order valence-corrected chi connectivity index (χ3v) is 5.79. The van der Waals surface area contributed by atoms with Crippen molar-refractivity contribution in [2.75, 3.05) is 6.61 Å². The first-order valence-electron chi connectivity index (χ1n) is 13.2. The number of carbonyl (C=O) groups is 1. The fraction of sp³-hybridized carbons (Fsp3) is 0.750. The van der Waals surface area contributed by atoms with Crippen LogP contribution >= 0.6 is 0 Å². The molecule has 4 N–H and O–H groups in total. The molecule has 0 bridgehead atoms. The quantitative estimate of drug-likeness (QED) is 0.121. The summed E-state index contributed by atoms with van der Waals surface area (Å²) < 4.78 is 0. The molecule has 0 aromatic heterocycles. The minimum absolute atomic E-state index is 0.178. The van der Waals surface area contributed by atoms with Gasteiger partial charge in [0.1, 0.15) is 6.10 Å². The smallest absolute Gasteiger partial charge is 0.220 e. The molecule has 0 heterocycles. The fourth-order valence-corrected chi connectivity index (χ4v) is 3.63. The van der Waals surface area contributed by atoms with Gasteiger partial charge in [-0.3, -0.25) is 4.79 Å². The molecule has 0 aromatic rings. The summed E-state index contributed by atoms with van der Waals surface area (Å²) in [7, 11) is 0. The van der Waals surface area contributed by atoms with Crippen molar-refractivity contribution in [2.24, 2.45) is 0 Å². The summed E-state index contributed by atoms with van der Waals surface area (Å²) in [6.07, 6.45) is 25.4. The Morgan fingerprint density at radius 1 is 0.788 bits per heavy atom. The van der Waals surface area contributed by atoms with E-state index >= 15 is 0 Å². The highest BCUT2D eigenvalue weighted by Gasteiger charge is 2.26. The lowest BCUT2D eigenvalue weighted by Gasteiger charge is -2.26. The first-order chi connectivity index (χ1) is 16.1. The molecule has 0 aliphatic rings. The molecular weight excluding hydrogens is 414 g/mol. The Bertz CT molecular complexity index is 530. The molecule has 192 valence electrons. The van der Waals surface area contributed by atoms with Crippen LogP contribution < -0.4 is 5.32 Å². The number of aliphatic hydroxyl groups is 3. The van der Waals surface area contributed by atoms with Crippen molar-refractivity contribution in [3.05, 3.63) is 36.5 Å². The van der Waals surface area contributed by atoms with E-state index in [0.717, 1.165) is 51.4 Å². The van der Waals surface area contributed by atoms with Gasteiger partial charge in [-0.2, -0.15) is 0 Å². The molecule has 3 unspecified atom stereocenters. The zero-order valence-electron chi connectivity index (χ0n) is 21.3. The maximum atomic E-state index is 12.2. The van der Waals surface area contributed by atoms with Gasteiger partial charge in [0.25, 0.3) is 0 Å². The van der Waals surface area contributed by atoms with Crippen molar-refractivity contribution in [3.63, 3.8) is 0 Å². The lowest BCUT2D eigenvalue weighted by Crippen LogP contribution is -2.50. The Morgan fingerprint density at radius 2 is 1.36 bits per heavy atom. The van der Waals surface area contributed by atoms with E-state index in [1.807, 2.05) is 13.0 Å². The van der Waals surface area contributed by atoms with E-state index < -0.39 is 18.2 Å². The largest absolute Gasteiger partial charge is 0.394 e. The van der Waals surface area contributed by atoms with Crippen LogP contribution in [0.4, 0.5) is 0 Å². The monoisotopic (exact) mass is 465 g/mol. The van der Waals surface area contributed by atoms with E-state index in [2.05, 4.69) is 42.6 Å². The van der Waals surface area contributed by atoms with Gasteiger partial charge in [0.05, 0.1) is 18.8 Å². The highest BCUT2D eigenvalue weighted by atomic mass is 16.3. The Labute approximate surface area is 203 Å². The highest BCUT2D eigenvalue weighted by molar-refractivity contribution is 5.76. The number of allylic oxidation sites excluding steroid dienone is 6. The molecule has 5 nitrogen and oxygen atoms in total. The average Bonchev–Trinajstić information content (AvgIpc) is 2.82. The van der Waals surface area contributed by atoms with E-state index in [0.29, 0.717) is 12.8 Å². The number of unbranched alkanes of at least 4 members (excludes halogenated alkanes) is 9. The molecule has 0 saturated heterocycles. The molecule has 0 aromatic carbocycles. The van der Waals surface area contributed by atoms with Crippen molar-refractivity contribution in [2.45, 2.75) is 128 Å². The molecule has 0 radical (unpaired) electrons. The Kier molecular flexibility index (Phi) is 22.7. The van der Waals surface area contributed by atoms with Crippen molar-refractivity contribution in [3.8, 4) is 0 Å². The van der Waals surface area contributed by atoms with Gasteiger partial charge >= 0.3 is 0 Å². The van der Waals surface area contributed by atoms with Gasteiger partial charge in [0.15, 0.2) is 0 Å². The first kappa shape index (κ1) is 31.6. The Hall–Kier alpha value is -1.43. The molecule has 33 heavy (non-hydrogen) atoms. The lowest BCUT2D eigenvalue weighted by atomic mass is 10.0. The minimum Gasteiger partial charge on any atom is -0.394 e. The summed E-state index contributed by atoms with van der Waals surface area (Å²) >= 11 is 0.